The molecule has 3 rings (SSSR count). The first-order valence-corrected chi connectivity index (χ1v) is 11.2. The molecule has 1 aliphatic heterocycles. The van der Waals surface area contributed by atoms with Gasteiger partial charge in [0.15, 0.2) is 5.78 Å². The van der Waals surface area contributed by atoms with Crippen molar-refractivity contribution in [1.29, 1.82) is 0 Å². The van der Waals surface area contributed by atoms with Gasteiger partial charge in [-0.1, -0.05) is 42.3 Å². The van der Waals surface area contributed by atoms with E-state index in [2.05, 4.69) is 6.58 Å². The molecule has 0 aromatic heterocycles. The minimum Gasteiger partial charge on any atom is -0.442 e. The lowest BCUT2D eigenvalue weighted by atomic mass is 9.93. The van der Waals surface area contributed by atoms with Crippen molar-refractivity contribution in [2.45, 2.75) is 37.3 Å². The summed E-state index contributed by atoms with van der Waals surface area (Å²) < 4.78 is 32.6. The van der Waals surface area contributed by atoms with Crippen LogP contribution in [0.2, 0.25) is 5.02 Å². The first-order valence-electron chi connectivity index (χ1n) is 9.38. The van der Waals surface area contributed by atoms with Crippen LogP contribution in [0.1, 0.15) is 29.3 Å². The molecule has 1 amide bonds. The number of nitrogens with zero attached hydrogens (tertiary/aromatic N) is 1. The molecule has 1 fully saturated rings. The summed E-state index contributed by atoms with van der Waals surface area (Å²) in [5, 5.41) is 0.479. The second kappa shape index (κ2) is 8.62. The Balaban J connectivity index is 1.99. The largest absolute Gasteiger partial charge is 0.442 e. The number of cyclic esters (lactones) is 1. The van der Waals surface area contributed by atoms with E-state index in [9.17, 15) is 18.0 Å². The van der Waals surface area contributed by atoms with Gasteiger partial charge in [-0.25, -0.2) is 13.2 Å². The number of halogens is 1. The van der Waals surface area contributed by atoms with Crippen molar-refractivity contribution in [2.75, 3.05) is 0 Å². The smallest absolute Gasteiger partial charge is 0.424 e. The first-order chi connectivity index (χ1) is 14.1. The minimum atomic E-state index is -4.21. The van der Waals surface area contributed by atoms with Gasteiger partial charge in [-0.05, 0) is 43.3 Å². The Kier molecular flexibility index (Phi) is 6.33. The van der Waals surface area contributed by atoms with Gasteiger partial charge in [0.25, 0.3) is 10.0 Å². The van der Waals surface area contributed by atoms with Crippen LogP contribution in [0, 0.1) is 12.8 Å². The molecule has 2 aromatic rings. The predicted octanol–water partition coefficient (Wildman–Crippen LogP) is 4.62. The molecule has 6 nitrogen and oxygen atoms in total. The number of carbonyl (C=O) groups is 2. The lowest BCUT2D eigenvalue weighted by Crippen LogP contribution is -2.43. The number of hydrogen-bond acceptors (Lipinski definition) is 5. The number of hydrogen-bond donors (Lipinski definition) is 0. The Morgan fingerprint density at radius 1 is 1.20 bits per heavy atom. The maximum Gasteiger partial charge on any atom is 0.424 e. The molecular formula is C22H22ClNO5S. The Labute approximate surface area is 181 Å². The minimum absolute atomic E-state index is 0.0408. The van der Waals surface area contributed by atoms with Crippen LogP contribution >= 0.6 is 11.6 Å². The predicted molar refractivity (Wildman–Crippen MR) is 114 cm³/mol. The fourth-order valence-electron chi connectivity index (χ4n) is 3.35. The molecule has 30 heavy (non-hydrogen) atoms. The van der Waals surface area contributed by atoms with Gasteiger partial charge in [-0.3, -0.25) is 4.79 Å². The number of amides is 1. The molecule has 0 saturated carbocycles. The van der Waals surface area contributed by atoms with Crippen LogP contribution in [-0.2, 0) is 14.8 Å². The van der Waals surface area contributed by atoms with Crippen molar-refractivity contribution in [3.63, 3.8) is 0 Å². The Hall–Kier alpha value is -2.64. The molecule has 8 heteroatoms. The summed E-state index contributed by atoms with van der Waals surface area (Å²) in [6.07, 6.45) is -0.476. The highest BCUT2D eigenvalue weighted by Gasteiger charge is 2.50. The molecule has 3 atom stereocenters. The number of ether oxygens (including phenoxy) is 1. The summed E-state index contributed by atoms with van der Waals surface area (Å²) in [7, 11) is -4.21. The fraction of sp³-hybridized carbons (Fsp3) is 0.273. The second-order valence-corrected chi connectivity index (χ2v) is 9.51. The number of Topliss-reactive ketones (excluding diaryl/α,β-unsaturated/α-hetero) is 1. The van der Waals surface area contributed by atoms with Gasteiger partial charge >= 0.3 is 6.09 Å². The molecule has 0 aliphatic carbocycles. The highest BCUT2D eigenvalue weighted by molar-refractivity contribution is 7.89. The van der Waals surface area contributed by atoms with Gasteiger partial charge in [0.1, 0.15) is 6.10 Å². The Morgan fingerprint density at radius 2 is 1.80 bits per heavy atom. The third-order valence-corrected chi connectivity index (χ3v) is 7.18. The van der Waals surface area contributed by atoms with Crippen LogP contribution in [0.4, 0.5) is 4.79 Å². The van der Waals surface area contributed by atoms with Crippen molar-refractivity contribution in [2.24, 2.45) is 5.92 Å². The van der Waals surface area contributed by atoms with Gasteiger partial charge in [-0.2, -0.15) is 4.31 Å². The van der Waals surface area contributed by atoms with Crippen LogP contribution in [0.5, 0.6) is 0 Å². The van der Waals surface area contributed by atoms with E-state index < -0.39 is 28.3 Å². The summed E-state index contributed by atoms with van der Waals surface area (Å²) >= 11 is 5.88. The Bertz CT molecular complexity index is 1060. The highest BCUT2D eigenvalue weighted by Crippen LogP contribution is 2.34. The quantitative estimate of drug-likeness (QED) is 0.457. The maximum atomic E-state index is 13.3. The third kappa shape index (κ3) is 4.27. The van der Waals surface area contributed by atoms with Crippen molar-refractivity contribution in [3.05, 3.63) is 77.3 Å². The molecule has 158 valence electrons. The average Bonchev–Trinajstić information content (AvgIpc) is 3.04. The normalized spacial score (nSPS) is 20.0. The zero-order valence-electron chi connectivity index (χ0n) is 16.6. The number of ketones is 1. The second-order valence-electron chi connectivity index (χ2n) is 7.26. The number of carbonyl (C=O) groups excluding carboxylic acids is 2. The zero-order chi connectivity index (χ0) is 22.1. The van der Waals surface area contributed by atoms with E-state index in [1.54, 1.807) is 49.4 Å². The Morgan fingerprint density at radius 3 is 2.37 bits per heavy atom. The van der Waals surface area contributed by atoms with E-state index in [1.807, 2.05) is 6.92 Å². The fourth-order valence-corrected chi connectivity index (χ4v) is 4.97. The summed E-state index contributed by atoms with van der Waals surface area (Å²) in [6.45, 7) is 7.29. The van der Waals surface area contributed by atoms with E-state index in [1.165, 1.54) is 12.1 Å². The van der Waals surface area contributed by atoms with Crippen molar-refractivity contribution >= 4 is 33.5 Å². The van der Waals surface area contributed by atoms with E-state index in [-0.39, 0.29) is 23.0 Å². The SMILES string of the molecule is C=C[C@@H](C)[C@@H]1OC(=O)N(S(=O)(=O)c2ccc(C)cc2)[C@H]1CC(=O)c1ccc(Cl)cc1. The molecule has 0 bridgehead atoms. The molecule has 0 N–H and O–H groups in total. The van der Waals surface area contributed by atoms with Crippen LogP contribution < -0.4 is 0 Å². The molecule has 0 unspecified atom stereocenters. The lowest BCUT2D eigenvalue weighted by molar-refractivity contribution is 0.0887. The zero-order valence-corrected chi connectivity index (χ0v) is 18.2. The van der Waals surface area contributed by atoms with E-state index in [0.29, 0.717) is 14.9 Å². The number of sulfonamides is 1. The highest BCUT2D eigenvalue weighted by atomic mass is 35.5. The number of benzene rings is 2. The molecule has 1 heterocycles. The van der Waals surface area contributed by atoms with E-state index in [4.69, 9.17) is 16.3 Å². The third-order valence-electron chi connectivity index (χ3n) is 5.13. The van der Waals surface area contributed by atoms with E-state index in [0.717, 1.165) is 5.56 Å². The summed E-state index contributed by atoms with van der Waals surface area (Å²) in [5.41, 5.74) is 1.25. The topological polar surface area (TPSA) is 80.8 Å². The lowest BCUT2D eigenvalue weighted by Gasteiger charge is -2.25. The van der Waals surface area contributed by atoms with Gasteiger partial charge in [-0.15, -0.1) is 6.58 Å². The molecule has 2 aromatic carbocycles. The summed E-state index contributed by atoms with van der Waals surface area (Å²) in [6, 6.07) is 11.4. The molecule has 1 saturated heterocycles. The van der Waals surface area contributed by atoms with Crippen molar-refractivity contribution < 1.29 is 22.7 Å². The molecule has 1 aliphatic rings. The van der Waals surface area contributed by atoms with Crippen LogP contribution in [0.3, 0.4) is 0 Å². The molecule has 0 radical (unpaired) electrons. The number of aryl methyl sites for hydroxylation is 1. The summed E-state index contributed by atoms with van der Waals surface area (Å²) in [5.74, 6) is -0.671. The number of rotatable bonds is 7. The van der Waals surface area contributed by atoms with Crippen molar-refractivity contribution in [3.8, 4) is 0 Å². The van der Waals surface area contributed by atoms with Gasteiger partial charge in [0.2, 0.25) is 0 Å². The standard InChI is InChI=1S/C22H22ClNO5S/c1-4-15(3)21-19(13-20(25)16-7-9-17(23)10-8-16)24(22(26)29-21)30(27,28)18-11-5-14(2)6-12-18/h4-12,15,19,21H,1,13H2,2-3H3/t15-,19+,21+/m1/s1. The van der Waals surface area contributed by atoms with Gasteiger partial charge in [0, 0.05) is 22.9 Å². The van der Waals surface area contributed by atoms with Crippen LogP contribution in [0.25, 0.3) is 0 Å². The first kappa shape index (κ1) is 22.1. The van der Waals surface area contributed by atoms with Crippen molar-refractivity contribution in [1.82, 2.24) is 4.31 Å². The van der Waals surface area contributed by atoms with Crippen LogP contribution in [-0.4, -0.2) is 36.7 Å². The average molecular weight is 448 g/mol. The summed E-state index contributed by atoms with van der Waals surface area (Å²) in [4.78, 5) is 25.5. The van der Waals surface area contributed by atoms with E-state index >= 15 is 0 Å². The van der Waals surface area contributed by atoms with Crippen LogP contribution in [0.15, 0.2) is 66.1 Å². The molecular weight excluding hydrogens is 426 g/mol. The monoisotopic (exact) mass is 447 g/mol. The molecule has 0 spiro atoms. The van der Waals surface area contributed by atoms with Gasteiger partial charge in [0.05, 0.1) is 10.9 Å². The maximum absolute atomic E-state index is 13.3. The van der Waals surface area contributed by atoms with Gasteiger partial charge < -0.3 is 4.74 Å².